The Labute approximate surface area is 205 Å². The molecule has 1 aromatic heterocycles. The van der Waals surface area contributed by atoms with Gasteiger partial charge in [0.15, 0.2) is 5.43 Å². The summed E-state index contributed by atoms with van der Waals surface area (Å²) in [7, 11) is 1.62. The summed E-state index contributed by atoms with van der Waals surface area (Å²) in [5.74, 6) is -0.164. The molecule has 0 atom stereocenters. The van der Waals surface area contributed by atoms with Crippen LogP contribution in [0.2, 0.25) is 0 Å². The number of amides is 2. The van der Waals surface area contributed by atoms with E-state index < -0.39 is 0 Å². The van der Waals surface area contributed by atoms with Crippen LogP contribution in [-0.4, -0.2) is 48.4 Å². The molecule has 35 heavy (non-hydrogen) atoms. The number of rotatable bonds is 11. The Morgan fingerprint density at radius 3 is 2.54 bits per heavy atom. The van der Waals surface area contributed by atoms with Crippen molar-refractivity contribution >= 4 is 22.8 Å². The topological polar surface area (TPSA) is 80.1 Å². The number of hydrogen-bond acceptors (Lipinski definition) is 5. The molecule has 184 valence electrons. The van der Waals surface area contributed by atoms with E-state index >= 15 is 0 Å². The lowest BCUT2D eigenvalue weighted by Gasteiger charge is -2.28. The lowest BCUT2D eigenvalue weighted by atomic mass is 10.1. The minimum absolute atomic E-state index is 0.0173. The largest absolute Gasteiger partial charge is 0.464 e. The van der Waals surface area contributed by atoms with E-state index in [-0.39, 0.29) is 36.3 Å². The number of nitrogens with zero attached hydrogens (tertiary/aromatic N) is 2. The van der Waals surface area contributed by atoms with Crippen LogP contribution in [0, 0.1) is 12.8 Å². The Balaban J connectivity index is 1.59. The highest BCUT2D eigenvalue weighted by molar-refractivity contribution is 5.87. The van der Waals surface area contributed by atoms with Crippen molar-refractivity contribution in [2.75, 3.05) is 26.8 Å². The quantitative estimate of drug-likeness (QED) is 0.392. The van der Waals surface area contributed by atoms with Crippen molar-refractivity contribution in [3.8, 4) is 0 Å². The highest BCUT2D eigenvalue weighted by atomic mass is 16.5. The summed E-state index contributed by atoms with van der Waals surface area (Å²) in [6.07, 6.45) is 3.85. The molecule has 3 aromatic rings. The van der Waals surface area contributed by atoms with Gasteiger partial charge in [-0.2, -0.15) is 0 Å². The number of aryl methyl sites for hydroxylation is 1. The van der Waals surface area contributed by atoms with Gasteiger partial charge in [-0.15, -0.1) is 0 Å². The molecule has 0 aliphatic heterocycles. The van der Waals surface area contributed by atoms with Gasteiger partial charge in [0.2, 0.25) is 11.8 Å². The monoisotopic (exact) mass is 476 g/mol. The first-order valence-corrected chi connectivity index (χ1v) is 12.1. The van der Waals surface area contributed by atoms with Crippen molar-refractivity contribution in [2.45, 2.75) is 39.3 Å². The summed E-state index contributed by atoms with van der Waals surface area (Å²) in [5, 5.41) is 0.500. The van der Waals surface area contributed by atoms with Crippen molar-refractivity contribution in [3.05, 3.63) is 81.7 Å². The van der Waals surface area contributed by atoms with Crippen LogP contribution in [0.3, 0.4) is 0 Å². The van der Waals surface area contributed by atoms with E-state index in [1.54, 1.807) is 29.0 Å². The number of fused-ring (bicyclic) bond motifs is 1. The minimum Gasteiger partial charge on any atom is -0.464 e. The average molecular weight is 477 g/mol. The molecule has 4 rings (SSSR count). The van der Waals surface area contributed by atoms with Gasteiger partial charge in [0.1, 0.15) is 5.58 Å². The Kier molecular flexibility index (Phi) is 7.98. The smallest absolute Gasteiger partial charge is 0.242 e. The zero-order chi connectivity index (χ0) is 24.8. The van der Waals surface area contributed by atoms with Gasteiger partial charge in [-0.3, -0.25) is 14.4 Å². The Bertz CT molecular complexity index is 1230. The fourth-order valence-electron chi connectivity index (χ4n) is 4.15. The Morgan fingerprint density at radius 1 is 1.06 bits per heavy atom. The maximum atomic E-state index is 13.5. The second kappa shape index (κ2) is 11.3. The number of carbonyl (C=O) groups excluding carboxylic acids is 2. The van der Waals surface area contributed by atoms with Crippen LogP contribution >= 0.6 is 0 Å². The molecule has 1 saturated carbocycles. The summed E-state index contributed by atoms with van der Waals surface area (Å²) in [4.78, 5) is 42.9. The number of hydrogen-bond donors (Lipinski definition) is 0. The molecule has 1 fully saturated rings. The van der Waals surface area contributed by atoms with Crippen molar-refractivity contribution in [1.29, 1.82) is 0 Å². The number of carbonyl (C=O) groups is 2. The molecular formula is C28H32N2O5. The third-order valence-electron chi connectivity index (χ3n) is 6.27. The van der Waals surface area contributed by atoms with Gasteiger partial charge < -0.3 is 19.0 Å². The zero-order valence-electron chi connectivity index (χ0n) is 20.4. The molecule has 0 radical (unpaired) electrons. The van der Waals surface area contributed by atoms with Gasteiger partial charge >= 0.3 is 0 Å². The van der Waals surface area contributed by atoms with E-state index in [9.17, 15) is 14.4 Å². The van der Waals surface area contributed by atoms with Crippen molar-refractivity contribution in [2.24, 2.45) is 5.92 Å². The van der Waals surface area contributed by atoms with Gasteiger partial charge in [-0.1, -0.05) is 42.0 Å². The first kappa shape index (κ1) is 24.7. The van der Waals surface area contributed by atoms with Crippen LogP contribution in [0.1, 0.15) is 36.0 Å². The van der Waals surface area contributed by atoms with Gasteiger partial charge in [0.05, 0.1) is 30.3 Å². The molecule has 1 aliphatic rings. The molecule has 1 heterocycles. The zero-order valence-corrected chi connectivity index (χ0v) is 20.4. The fourth-order valence-corrected chi connectivity index (χ4v) is 4.15. The van der Waals surface area contributed by atoms with Gasteiger partial charge in [0, 0.05) is 32.7 Å². The van der Waals surface area contributed by atoms with Crippen LogP contribution in [0.25, 0.3) is 11.0 Å². The number of methoxy groups -OCH3 is 1. The molecule has 0 saturated heterocycles. The molecule has 2 amide bonds. The lowest BCUT2D eigenvalue weighted by molar-refractivity contribution is -0.142. The summed E-state index contributed by atoms with van der Waals surface area (Å²) in [6.45, 7) is 3.31. The lowest BCUT2D eigenvalue weighted by Crippen LogP contribution is -2.44. The minimum atomic E-state index is -0.205. The predicted octanol–water partition coefficient (Wildman–Crippen LogP) is 3.91. The van der Waals surface area contributed by atoms with Crippen LogP contribution in [0.4, 0.5) is 0 Å². The Hall–Kier alpha value is -3.45. The summed E-state index contributed by atoms with van der Waals surface area (Å²) in [6, 6.07) is 15.1. The van der Waals surface area contributed by atoms with Gasteiger partial charge in [-0.05, 0) is 43.9 Å². The second-order valence-electron chi connectivity index (χ2n) is 9.21. The SMILES string of the molecule is COCCCN(CC(=O)N(Cc1ccccc1)Cc1coc2ccc(C)cc2c1=O)C(=O)C1CC1. The van der Waals surface area contributed by atoms with Crippen molar-refractivity contribution < 1.29 is 18.7 Å². The Morgan fingerprint density at radius 2 is 1.83 bits per heavy atom. The van der Waals surface area contributed by atoms with E-state index in [4.69, 9.17) is 9.15 Å². The van der Waals surface area contributed by atoms with Crippen LogP contribution in [0.5, 0.6) is 0 Å². The first-order valence-electron chi connectivity index (χ1n) is 12.1. The summed E-state index contributed by atoms with van der Waals surface area (Å²) >= 11 is 0. The van der Waals surface area contributed by atoms with Gasteiger partial charge in [-0.25, -0.2) is 0 Å². The van der Waals surface area contributed by atoms with E-state index in [2.05, 4.69) is 0 Å². The van der Waals surface area contributed by atoms with Crippen molar-refractivity contribution in [3.63, 3.8) is 0 Å². The summed E-state index contributed by atoms with van der Waals surface area (Å²) < 4.78 is 10.9. The highest BCUT2D eigenvalue weighted by Crippen LogP contribution is 2.31. The third-order valence-corrected chi connectivity index (χ3v) is 6.27. The van der Waals surface area contributed by atoms with Crippen molar-refractivity contribution in [1.82, 2.24) is 9.80 Å². The van der Waals surface area contributed by atoms with E-state index in [0.717, 1.165) is 24.0 Å². The van der Waals surface area contributed by atoms with E-state index in [0.29, 0.717) is 42.6 Å². The molecule has 0 bridgehead atoms. The van der Waals surface area contributed by atoms with Crippen LogP contribution < -0.4 is 5.43 Å². The second-order valence-corrected chi connectivity index (χ2v) is 9.21. The van der Waals surface area contributed by atoms with E-state index in [1.807, 2.05) is 43.3 Å². The molecule has 2 aromatic carbocycles. The molecule has 1 aliphatic carbocycles. The fraction of sp³-hybridized carbons (Fsp3) is 0.393. The van der Waals surface area contributed by atoms with Crippen LogP contribution in [-0.2, 0) is 27.4 Å². The third kappa shape index (κ3) is 6.36. The number of ether oxygens (including phenoxy) is 1. The molecule has 7 nitrogen and oxygen atoms in total. The maximum Gasteiger partial charge on any atom is 0.242 e. The average Bonchev–Trinajstić information content (AvgIpc) is 3.71. The highest BCUT2D eigenvalue weighted by Gasteiger charge is 2.34. The maximum absolute atomic E-state index is 13.5. The molecule has 0 spiro atoms. The van der Waals surface area contributed by atoms with Crippen LogP contribution in [0.15, 0.2) is 64.0 Å². The molecule has 7 heteroatoms. The molecule has 0 unspecified atom stereocenters. The first-order chi connectivity index (χ1) is 17.0. The normalized spacial score (nSPS) is 13.1. The summed E-state index contributed by atoms with van der Waals surface area (Å²) in [5.41, 5.74) is 2.69. The number of benzene rings is 2. The predicted molar refractivity (Wildman–Crippen MR) is 134 cm³/mol. The molecule has 0 N–H and O–H groups in total. The molecular weight excluding hydrogens is 444 g/mol. The van der Waals surface area contributed by atoms with Gasteiger partial charge in [0.25, 0.3) is 0 Å². The standard InChI is InChI=1S/C28H32N2O5/c1-20-9-12-25-24(15-20)27(32)23(19-35-25)17-30(16-21-7-4-3-5-8-21)26(31)18-29(13-6-14-34-2)28(33)22-10-11-22/h3-5,7-9,12,15,19,22H,6,10-11,13-14,16-18H2,1-2H3. The van der Waals surface area contributed by atoms with E-state index in [1.165, 1.54) is 6.26 Å².